The maximum atomic E-state index is 13.4. The molecule has 0 unspecified atom stereocenters. The molecule has 0 atom stereocenters. The van der Waals surface area contributed by atoms with Crippen molar-refractivity contribution in [2.75, 3.05) is 11.9 Å². The van der Waals surface area contributed by atoms with E-state index in [1.807, 2.05) is 0 Å². The van der Waals surface area contributed by atoms with Gasteiger partial charge in [-0.2, -0.15) is 0 Å². The van der Waals surface area contributed by atoms with E-state index < -0.39 is 24.3 Å². The van der Waals surface area contributed by atoms with Gasteiger partial charge in [-0.05, 0) is 6.07 Å². The Morgan fingerprint density at radius 3 is 2.75 bits per heavy atom. The molecule has 1 heterocycles. The lowest BCUT2D eigenvalue weighted by Crippen LogP contribution is -2.28. The molecule has 1 aromatic carbocycles. The van der Waals surface area contributed by atoms with E-state index in [-0.39, 0.29) is 23.3 Å². The Morgan fingerprint density at radius 1 is 1.29 bits per heavy atom. The minimum absolute atomic E-state index is 0.00750. The average Bonchev–Trinajstić information content (AvgIpc) is 2.99. The van der Waals surface area contributed by atoms with Gasteiger partial charge < -0.3 is 15.4 Å². The predicted molar refractivity (Wildman–Crippen MR) is 84.9 cm³/mol. The molecule has 0 saturated heterocycles. The van der Waals surface area contributed by atoms with E-state index in [1.54, 1.807) is 18.2 Å². The summed E-state index contributed by atoms with van der Waals surface area (Å²) in [5.41, 5.74) is 0.322. The van der Waals surface area contributed by atoms with E-state index in [0.717, 1.165) is 11.3 Å². The zero-order chi connectivity index (χ0) is 17.5. The number of nitrogens with one attached hydrogen (secondary N) is 2. The minimum Gasteiger partial charge on any atom is -0.451 e. The second kappa shape index (κ2) is 8.16. The van der Waals surface area contributed by atoms with Crippen molar-refractivity contribution in [2.45, 2.75) is 13.5 Å². The molecule has 2 N–H and O–H groups in total. The number of halogens is 1. The van der Waals surface area contributed by atoms with E-state index in [2.05, 4.69) is 15.6 Å². The summed E-state index contributed by atoms with van der Waals surface area (Å²) in [6.07, 6.45) is 0. The highest BCUT2D eigenvalue weighted by Gasteiger charge is 2.14. The molecule has 0 radical (unpaired) electrons. The van der Waals surface area contributed by atoms with Crippen LogP contribution in [0.15, 0.2) is 29.6 Å². The molecule has 2 rings (SSSR count). The maximum Gasteiger partial charge on any atom is 0.358 e. The van der Waals surface area contributed by atoms with Crippen LogP contribution in [-0.4, -0.2) is 29.4 Å². The first-order valence-corrected chi connectivity index (χ1v) is 7.74. The van der Waals surface area contributed by atoms with Gasteiger partial charge in [-0.3, -0.25) is 9.59 Å². The third-order valence-corrected chi connectivity index (χ3v) is 3.52. The highest BCUT2D eigenvalue weighted by atomic mass is 32.1. The van der Waals surface area contributed by atoms with Crippen LogP contribution in [0.25, 0.3) is 0 Å². The van der Waals surface area contributed by atoms with Gasteiger partial charge >= 0.3 is 5.97 Å². The number of benzene rings is 1. The first kappa shape index (κ1) is 17.5. The Labute approximate surface area is 140 Å². The number of rotatable bonds is 6. The van der Waals surface area contributed by atoms with Gasteiger partial charge in [0, 0.05) is 24.4 Å². The summed E-state index contributed by atoms with van der Waals surface area (Å²) < 4.78 is 18.2. The average molecular weight is 351 g/mol. The van der Waals surface area contributed by atoms with Crippen LogP contribution in [0.4, 0.5) is 9.52 Å². The van der Waals surface area contributed by atoms with Crippen LogP contribution >= 0.6 is 11.3 Å². The number of nitrogens with zero attached hydrogens (tertiary/aromatic N) is 1. The molecular formula is C15H14FN3O4S. The van der Waals surface area contributed by atoms with Gasteiger partial charge in [0.15, 0.2) is 17.4 Å². The number of anilines is 1. The topological polar surface area (TPSA) is 97.4 Å². The summed E-state index contributed by atoms with van der Waals surface area (Å²) in [4.78, 5) is 38.1. The second-order valence-corrected chi connectivity index (χ2v) is 5.52. The van der Waals surface area contributed by atoms with Crippen LogP contribution in [0.3, 0.4) is 0 Å². The van der Waals surface area contributed by atoms with Gasteiger partial charge in [-0.1, -0.05) is 18.2 Å². The van der Waals surface area contributed by atoms with E-state index in [1.165, 1.54) is 18.4 Å². The zero-order valence-electron chi connectivity index (χ0n) is 12.7. The molecule has 7 nitrogen and oxygen atoms in total. The predicted octanol–water partition coefficient (Wildman–Crippen LogP) is 1.71. The van der Waals surface area contributed by atoms with Crippen molar-refractivity contribution in [2.24, 2.45) is 0 Å². The van der Waals surface area contributed by atoms with Crippen LogP contribution in [0.2, 0.25) is 0 Å². The summed E-state index contributed by atoms with van der Waals surface area (Å²) >= 11 is 1.06. The largest absolute Gasteiger partial charge is 0.451 e. The Hall–Kier alpha value is -2.81. The van der Waals surface area contributed by atoms with Gasteiger partial charge in [0.2, 0.25) is 5.91 Å². The van der Waals surface area contributed by atoms with Crippen LogP contribution in [0.5, 0.6) is 0 Å². The third-order valence-electron chi connectivity index (χ3n) is 2.76. The molecule has 2 aromatic rings. The lowest BCUT2D eigenvalue weighted by Gasteiger charge is -2.06. The van der Waals surface area contributed by atoms with E-state index in [0.29, 0.717) is 5.56 Å². The monoisotopic (exact) mass is 351 g/mol. The molecule has 24 heavy (non-hydrogen) atoms. The Bertz CT molecular complexity index is 763. The Balaban J connectivity index is 1.79. The quantitative estimate of drug-likeness (QED) is 0.772. The highest BCUT2D eigenvalue weighted by molar-refractivity contribution is 7.14. The van der Waals surface area contributed by atoms with Crippen LogP contribution in [-0.2, 0) is 20.9 Å². The van der Waals surface area contributed by atoms with Crippen molar-refractivity contribution >= 4 is 34.3 Å². The van der Waals surface area contributed by atoms with E-state index >= 15 is 0 Å². The number of ether oxygens (including phenoxy) is 1. The molecule has 2 amide bonds. The number of hydrogen-bond acceptors (Lipinski definition) is 6. The summed E-state index contributed by atoms with van der Waals surface area (Å²) in [5.74, 6) is -2.09. The first-order chi connectivity index (χ1) is 11.5. The Kier molecular flexibility index (Phi) is 5.96. The van der Waals surface area contributed by atoms with Crippen molar-refractivity contribution in [1.82, 2.24) is 10.3 Å². The number of esters is 1. The SMILES string of the molecule is CC(=O)Nc1nc(C(=O)OCC(=O)NCc2ccccc2F)cs1. The number of hydrogen-bond donors (Lipinski definition) is 2. The molecule has 0 spiro atoms. The molecule has 0 aliphatic rings. The van der Waals surface area contributed by atoms with Gasteiger partial charge in [-0.15, -0.1) is 11.3 Å². The molecule has 9 heteroatoms. The lowest BCUT2D eigenvalue weighted by atomic mass is 10.2. The summed E-state index contributed by atoms with van der Waals surface area (Å²) in [5, 5.41) is 6.55. The van der Waals surface area contributed by atoms with Gasteiger partial charge in [0.1, 0.15) is 5.82 Å². The first-order valence-electron chi connectivity index (χ1n) is 6.86. The standard InChI is InChI=1S/C15H14FN3O4S/c1-9(20)18-15-19-12(8-24-15)14(22)23-7-13(21)17-6-10-4-2-3-5-11(10)16/h2-5,8H,6-7H2,1H3,(H,17,21)(H,18,19,20). The van der Waals surface area contributed by atoms with E-state index in [9.17, 15) is 18.8 Å². The van der Waals surface area contributed by atoms with Crippen molar-refractivity contribution in [3.05, 3.63) is 46.7 Å². The Morgan fingerprint density at radius 2 is 2.04 bits per heavy atom. The fraction of sp³-hybridized carbons (Fsp3) is 0.200. The number of thiazole rings is 1. The van der Waals surface area contributed by atoms with Gasteiger partial charge in [0.05, 0.1) is 0 Å². The molecule has 1 aromatic heterocycles. The summed E-state index contributed by atoms with van der Waals surface area (Å²) in [7, 11) is 0. The normalized spacial score (nSPS) is 10.1. The smallest absolute Gasteiger partial charge is 0.358 e. The minimum atomic E-state index is -0.788. The number of carbonyl (C=O) groups is 3. The molecule has 0 aliphatic carbocycles. The van der Waals surface area contributed by atoms with Crippen LogP contribution in [0, 0.1) is 5.82 Å². The number of aromatic nitrogens is 1. The van der Waals surface area contributed by atoms with Gasteiger partial charge in [0.25, 0.3) is 5.91 Å². The molecule has 0 saturated carbocycles. The highest BCUT2D eigenvalue weighted by Crippen LogP contribution is 2.15. The van der Waals surface area contributed by atoms with Crippen molar-refractivity contribution in [3.8, 4) is 0 Å². The molecule has 0 aliphatic heterocycles. The van der Waals surface area contributed by atoms with Crippen molar-refractivity contribution < 1.29 is 23.5 Å². The van der Waals surface area contributed by atoms with Crippen LogP contribution in [0.1, 0.15) is 23.0 Å². The number of carbonyl (C=O) groups excluding carboxylic acids is 3. The van der Waals surface area contributed by atoms with Crippen molar-refractivity contribution in [3.63, 3.8) is 0 Å². The zero-order valence-corrected chi connectivity index (χ0v) is 13.5. The fourth-order valence-corrected chi connectivity index (χ4v) is 2.39. The molecule has 0 bridgehead atoms. The summed E-state index contributed by atoms with van der Waals surface area (Å²) in [6, 6.07) is 6.03. The second-order valence-electron chi connectivity index (χ2n) is 4.66. The molecule has 126 valence electrons. The lowest BCUT2D eigenvalue weighted by molar-refractivity contribution is -0.124. The number of amides is 2. The third kappa shape index (κ3) is 5.13. The fourth-order valence-electron chi connectivity index (χ4n) is 1.67. The maximum absolute atomic E-state index is 13.4. The van der Waals surface area contributed by atoms with Crippen LogP contribution < -0.4 is 10.6 Å². The molecule has 0 fully saturated rings. The van der Waals surface area contributed by atoms with Crippen molar-refractivity contribution in [1.29, 1.82) is 0 Å². The molecular weight excluding hydrogens is 337 g/mol. The van der Waals surface area contributed by atoms with Gasteiger partial charge in [-0.25, -0.2) is 14.2 Å². The van der Waals surface area contributed by atoms with E-state index in [4.69, 9.17) is 4.74 Å². The summed E-state index contributed by atoms with van der Waals surface area (Å²) in [6.45, 7) is 0.798.